The molecule has 1 aromatic rings. The maximum absolute atomic E-state index is 13.2. The summed E-state index contributed by atoms with van der Waals surface area (Å²) in [5.74, 6) is -3.16. The lowest BCUT2D eigenvalue weighted by Crippen LogP contribution is -2.43. The van der Waals surface area contributed by atoms with Crippen molar-refractivity contribution >= 4 is 23.5 Å². The van der Waals surface area contributed by atoms with Gasteiger partial charge in [0.05, 0.1) is 5.92 Å². The Kier molecular flexibility index (Phi) is 3.52. The van der Waals surface area contributed by atoms with Gasteiger partial charge in [0.2, 0.25) is 5.91 Å². The van der Waals surface area contributed by atoms with E-state index < -0.39 is 23.6 Å². The van der Waals surface area contributed by atoms with Crippen LogP contribution in [-0.4, -0.2) is 23.5 Å². The average Bonchev–Trinajstić information content (AvgIpc) is 2.31. The van der Waals surface area contributed by atoms with E-state index in [0.717, 1.165) is 0 Å². The highest BCUT2D eigenvalue weighted by Crippen LogP contribution is 2.35. The van der Waals surface area contributed by atoms with E-state index in [4.69, 9.17) is 16.7 Å². The highest BCUT2D eigenvalue weighted by Gasteiger charge is 2.36. The van der Waals surface area contributed by atoms with E-state index in [1.54, 1.807) is 0 Å². The third-order valence-electron chi connectivity index (χ3n) is 3.08. The molecule has 1 aliphatic rings. The Morgan fingerprint density at radius 2 is 2.22 bits per heavy atom. The van der Waals surface area contributed by atoms with Crippen molar-refractivity contribution in [2.24, 2.45) is 5.92 Å². The minimum Gasteiger partial charge on any atom is -0.481 e. The minimum absolute atomic E-state index is 0.000139. The van der Waals surface area contributed by atoms with Gasteiger partial charge in [0.15, 0.2) is 0 Å². The maximum Gasteiger partial charge on any atom is 0.308 e. The van der Waals surface area contributed by atoms with Gasteiger partial charge in [-0.3, -0.25) is 9.59 Å². The van der Waals surface area contributed by atoms with Crippen molar-refractivity contribution in [1.82, 2.24) is 5.32 Å². The molecule has 1 amide bonds. The molecule has 1 fully saturated rings. The molecule has 1 heterocycles. The number of halogens is 2. The SMILES string of the molecule is O=C1CC(c2cc(F)ccc2Cl)C(C(=O)O)CN1. The fraction of sp³-hybridized carbons (Fsp3) is 0.333. The van der Waals surface area contributed by atoms with Crippen molar-refractivity contribution in [3.63, 3.8) is 0 Å². The first-order valence-electron chi connectivity index (χ1n) is 5.43. The summed E-state index contributed by atoms with van der Waals surface area (Å²) in [5.41, 5.74) is 0.374. The van der Waals surface area contributed by atoms with E-state index >= 15 is 0 Å². The Labute approximate surface area is 108 Å². The van der Waals surface area contributed by atoms with E-state index in [0.29, 0.717) is 5.56 Å². The predicted octanol–water partition coefficient (Wildman–Crippen LogP) is 1.78. The van der Waals surface area contributed by atoms with Crippen LogP contribution in [0.5, 0.6) is 0 Å². The highest BCUT2D eigenvalue weighted by atomic mass is 35.5. The summed E-state index contributed by atoms with van der Waals surface area (Å²) in [4.78, 5) is 22.5. The largest absolute Gasteiger partial charge is 0.481 e. The lowest BCUT2D eigenvalue weighted by atomic mass is 9.81. The predicted molar refractivity (Wildman–Crippen MR) is 62.9 cm³/mol. The van der Waals surface area contributed by atoms with Crippen molar-refractivity contribution in [3.8, 4) is 0 Å². The van der Waals surface area contributed by atoms with E-state index in [1.807, 2.05) is 0 Å². The Morgan fingerprint density at radius 1 is 1.50 bits per heavy atom. The monoisotopic (exact) mass is 271 g/mol. The number of carboxylic acid groups (broad SMARTS) is 1. The number of hydrogen-bond donors (Lipinski definition) is 2. The van der Waals surface area contributed by atoms with Crippen LogP contribution in [0.2, 0.25) is 5.02 Å². The van der Waals surface area contributed by atoms with Crippen LogP contribution in [0.15, 0.2) is 18.2 Å². The van der Waals surface area contributed by atoms with Crippen LogP contribution >= 0.6 is 11.6 Å². The summed E-state index contributed by atoms with van der Waals surface area (Å²) in [6, 6.07) is 3.77. The second-order valence-corrected chi connectivity index (χ2v) is 4.63. The molecule has 1 aliphatic heterocycles. The van der Waals surface area contributed by atoms with Gasteiger partial charge < -0.3 is 10.4 Å². The number of aliphatic carboxylic acids is 1. The highest BCUT2D eigenvalue weighted by molar-refractivity contribution is 6.31. The number of carbonyl (C=O) groups excluding carboxylic acids is 1. The molecule has 0 saturated carbocycles. The van der Waals surface area contributed by atoms with Crippen LogP contribution < -0.4 is 5.32 Å². The smallest absolute Gasteiger partial charge is 0.308 e. The minimum atomic E-state index is -1.03. The first kappa shape index (κ1) is 12.8. The Morgan fingerprint density at radius 3 is 2.89 bits per heavy atom. The molecular formula is C12H11ClFNO3. The summed E-state index contributed by atoms with van der Waals surface area (Å²) in [7, 11) is 0. The molecule has 2 atom stereocenters. The maximum atomic E-state index is 13.2. The number of benzene rings is 1. The summed E-state index contributed by atoms with van der Waals surface area (Å²) in [6.07, 6.45) is 0.000139. The Hall–Kier alpha value is -1.62. The molecule has 0 spiro atoms. The summed E-state index contributed by atoms with van der Waals surface area (Å²) >= 11 is 5.96. The molecule has 0 aromatic heterocycles. The zero-order chi connectivity index (χ0) is 13.3. The van der Waals surface area contributed by atoms with Gasteiger partial charge in [-0.25, -0.2) is 4.39 Å². The molecule has 18 heavy (non-hydrogen) atoms. The van der Waals surface area contributed by atoms with Crippen LogP contribution in [0.25, 0.3) is 0 Å². The van der Waals surface area contributed by atoms with E-state index in [9.17, 15) is 14.0 Å². The number of hydrogen-bond acceptors (Lipinski definition) is 2. The second kappa shape index (κ2) is 4.94. The van der Waals surface area contributed by atoms with Gasteiger partial charge in [-0.2, -0.15) is 0 Å². The Balaban J connectivity index is 2.40. The molecular weight excluding hydrogens is 261 g/mol. The molecule has 2 unspecified atom stereocenters. The van der Waals surface area contributed by atoms with Gasteiger partial charge in [-0.15, -0.1) is 0 Å². The lowest BCUT2D eigenvalue weighted by Gasteiger charge is -2.29. The topological polar surface area (TPSA) is 66.4 Å². The number of piperidine rings is 1. The van der Waals surface area contributed by atoms with Gasteiger partial charge in [0, 0.05) is 23.9 Å². The molecule has 4 nitrogen and oxygen atoms in total. The van der Waals surface area contributed by atoms with Crippen LogP contribution in [0, 0.1) is 11.7 Å². The van der Waals surface area contributed by atoms with Crippen molar-refractivity contribution < 1.29 is 19.1 Å². The number of carboxylic acids is 1. The first-order chi connectivity index (χ1) is 8.49. The molecule has 0 bridgehead atoms. The summed E-state index contributed by atoms with van der Waals surface area (Å²) in [5, 5.41) is 11.9. The molecule has 0 aliphatic carbocycles. The molecule has 0 radical (unpaired) electrons. The normalized spacial score (nSPS) is 23.6. The number of nitrogens with one attached hydrogen (secondary N) is 1. The van der Waals surface area contributed by atoms with Crippen LogP contribution in [-0.2, 0) is 9.59 Å². The number of amides is 1. The quantitative estimate of drug-likeness (QED) is 0.862. The van der Waals surface area contributed by atoms with Crippen LogP contribution in [0.4, 0.5) is 4.39 Å². The molecule has 96 valence electrons. The van der Waals surface area contributed by atoms with Crippen LogP contribution in [0.3, 0.4) is 0 Å². The zero-order valence-corrected chi connectivity index (χ0v) is 10.1. The fourth-order valence-electron chi connectivity index (χ4n) is 2.17. The lowest BCUT2D eigenvalue weighted by molar-refractivity contribution is -0.144. The molecule has 2 rings (SSSR count). The van der Waals surface area contributed by atoms with Crippen molar-refractivity contribution in [2.45, 2.75) is 12.3 Å². The molecule has 6 heteroatoms. The third kappa shape index (κ3) is 2.46. The van der Waals surface area contributed by atoms with Gasteiger partial charge in [0.1, 0.15) is 5.82 Å². The standard InChI is InChI=1S/C12H11ClFNO3/c13-10-2-1-6(14)3-8(10)7-4-11(16)15-5-9(7)12(17)18/h1-3,7,9H,4-5H2,(H,15,16)(H,17,18). The summed E-state index contributed by atoms with van der Waals surface area (Å²) in [6.45, 7) is 0.0334. The number of rotatable bonds is 2. The van der Waals surface area contributed by atoms with Gasteiger partial charge in [0.25, 0.3) is 0 Å². The van der Waals surface area contributed by atoms with Crippen molar-refractivity contribution in [1.29, 1.82) is 0 Å². The van der Waals surface area contributed by atoms with E-state index in [1.165, 1.54) is 18.2 Å². The van der Waals surface area contributed by atoms with Crippen LogP contribution in [0.1, 0.15) is 17.9 Å². The third-order valence-corrected chi connectivity index (χ3v) is 3.43. The van der Waals surface area contributed by atoms with Crippen molar-refractivity contribution in [2.75, 3.05) is 6.54 Å². The van der Waals surface area contributed by atoms with Gasteiger partial charge in [-0.05, 0) is 23.8 Å². The number of carbonyl (C=O) groups is 2. The molecule has 2 N–H and O–H groups in total. The Bertz CT molecular complexity index is 506. The summed E-state index contributed by atoms with van der Waals surface area (Å²) < 4.78 is 13.2. The van der Waals surface area contributed by atoms with Gasteiger partial charge >= 0.3 is 5.97 Å². The van der Waals surface area contributed by atoms with E-state index in [2.05, 4.69) is 5.32 Å². The zero-order valence-electron chi connectivity index (χ0n) is 9.32. The first-order valence-corrected chi connectivity index (χ1v) is 5.81. The van der Waals surface area contributed by atoms with Crippen molar-refractivity contribution in [3.05, 3.63) is 34.6 Å². The fourth-order valence-corrected chi connectivity index (χ4v) is 2.42. The average molecular weight is 272 g/mol. The van der Waals surface area contributed by atoms with E-state index in [-0.39, 0.29) is 23.9 Å². The molecule has 1 saturated heterocycles. The second-order valence-electron chi connectivity index (χ2n) is 4.23. The van der Waals surface area contributed by atoms with Gasteiger partial charge in [-0.1, -0.05) is 11.6 Å². The molecule has 1 aromatic carbocycles.